The SMILES string of the molecule is CCC(CCN)=C1C(=O)OC(C)(C)OC1=O. The van der Waals surface area contributed by atoms with Crippen molar-refractivity contribution in [2.45, 2.75) is 39.4 Å². The number of hydrogen-bond donors (Lipinski definition) is 1. The molecule has 0 aliphatic carbocycles. The molecule has 0 amide bonds. The molecule has 1 aliphatic rings. The minimum atomic E-state index is -1.18. The first-order chi connectivity index (χ1) is 7.41. The highest BCUT2D eigenvalue weighted by Crippen LogP contribution is 2.26. The van der Waals surface area contributed by atoms with Crippen LogP contribution in [-0.4, -0.2) is 24.3 Å². The molecule has 0 atom stereocenters. The van der Waals surface area contributed by atoms with E-state index in [1.807, 2.05) is 6.92 Å². The number of hydrogen-bond acceptors (Lipinski definition) is 5. The number of nitrogens with two attached hydrogens (primary N) is 1. The third-order valence-corrected chi connectivity index (χ3v) is 2.31. The normalized spacial score (nSPS) is 19.1. The van der Waals surface area contributed by atoms with E-state index in [9.17, 15) is 9.59 Å². The highest BCUT2D eigenvalue weighted by molar-refractivity contribution is 6.16. The molecular formula is C11H17NO4. The lowest BCUT2D eigenvalue weighted by molar-refractivity contribution is -0.222. The summed E-state index contributed by atoms with van der Waals surface area (Å²) in [5, 5.41) is 0. The molecule has 1 saturated heterocycles. The Morgan fingerprint density at radius 2 is 1.75 bits per heavy atom. The van der Waals surface area contributed by atoms with Crippen LogP contribution in [0.1, 0.15) is 33.6 Å². The summed E-state index contributed by atoms with van der Waals surface area (Å²) in [7, 11) is 0. The first kappa shape index (κ1) is 12.7. The molecule has 5 nitrogen and oxygen atoms in total. The van der Waals surface area contributed by atoms with Gasteiger partial charge in [0.25, 0.3) is 5.79 Å². The van der Waals surface area contributed by atoms with E-state index < -0.39 is 17.7 Å². The Hall–Kier alpha value is -1.36. The number of carbonyl (C=O) groups is 2. The summed E-state index contributed by atoms with van der Waals surface area (Å²) in [5.41, 5.74) is 6.11. The van der Waals surface area contributed by atoms with E-state index in [0.717, 1.165) is 0 Å². The van der Waals surface area contributed by atoms with E-state index in [1.165, 1.54) is 13.8 Å². The van der Waals surface area contributed by atoms with Gasteiger partial charge in [0.1, 0.15) is 5.57 Å². The molecular weight excluding hydrogens is 210 g/mol. The lowest BCUT2D eigenvalue weighted by atomic mass is 10.0. The van der Waals surface area contributed by atoms with E-state index >= 15 is 0 Å². The topological polar surface area (TPSA) is 78.6 Å². The first-order valence-corrected chi connectivity index (χ1v) is 5.30. The second-order valence-corrected chi connectivity index (χ2v) is 4.05. The van der Waals surface area contributed by atoms with Crippen molar-refractivity contribution in [2.75, 3.05) is 6.54 Å². The van der Waals surface area contributed by atoms with Crippen molar-refractivity contribution in [3.8, 4) is 0 Å². The fourth-order valence-corrected chi connectivity index (χ4v) is 1.59. The Morgan fingerprint density at radius 1 is 1.25 bits per heavy atom. The molecule has 90 valence electrons. The van der Waals surface area contributed by atoms with Crippen molar-refractivity contribution >= 4 is 11.9 Å². The largest absolute Gasteiger partial charge is 0.419 e. The predicted molar refractivity (Wildman–Crippen MR) is 57.3 cm³/mol. The molecule has 0 bridgehead atoms. The average Bonchev–Trinajstić information content (AvgIpc) is 2.13. The standard InChI is InChI=1S/C11H17NO4/c1-4-7(5-6-12)8-9(13)15-11(2,3)16-10(8)14/h4-6,12H2,1-3H3. The van der Waals surface area contributed by atoms with E-state index in [1.54, 1.807) is 0 Å². The molecule has 1 fully saturated rings. The van der Waals surface area contributed by atoms with Crippen LogP contribution in [0.4, 0.5) is 0 Å². The molecule has 1 heterocycles. The maximum Gasteiger partial charge on any atom is 0.348 e. The molecule has 2 N–H and O–H groups in total. The van der Waals surface area contributed by atoms with Crippen molar-refractivity contribution in [2.24, 2.45) is 5.73 Å². The molecule has 0 unspecified atom stereocenters. The average molecular weight is 227 g/mol. The summed E-state index contributed by atoms with van der Waals surface area (Å²) in [6, 6.07) is 0. The maximum atomic E-state index is 11.7. The number of ether oxygens (including phenoxy) is 2. The monoisotopic (exact) mass is 227 g/mol. The molecule has 0 aromatic rings. The van der Waals surface area contributed by atoms with Gasteiger partial charge in [-0.3, -0.25) is 0 Å². The Labute approximate surface area is 94.6 Å². The highest BCUT2D eigenvalue weighted by Gasteiger charge is 2.40. The Morgan fingerprint density at radius 3 is 2.12 bits per heavy atom. The van der Waals surface area contributed by atoms with Crippen LogP contribution < -0.4 is 5.73 Å². The third-order valence-electron chi connectivity index (χ3n) is 2.31. The summed E-state index contributed by atoms with van der Waals surface area (Å²) in [4.78, 5) is 23.3. The fourth-order valence-electron chi connectivity index (χ4n) is 1.59. The summed E-state index contributed by atoms with van der Waals surface area (Å²) in [5.74, 6) is -2.42. The van der Waals surface area contributed by atoms with E-state index in [-0.39, 0.29) is 5.57 Å². The molecule has 0 aromatic carbocycles. The number of carbonyl (C=O) groups excluding carboxylic acids is 2. The van der Waals surface area contributed by atoms with Crippen LogP contribution in [0.2, 0.25) is 0 Å². The molecule has 1 rings (SSSR count). The molecule has 1 aliphatic heterocycles. The second-order valence-electron chi connectivity index (χ2n) is 4.05. The lowest BCUT2D eigenvalue weighted by Gasteiger charge is -2.30. The quantitative estimate of drug-likeness (QED) is 0.440. The van der Waals surface area contributed by atoms with Crippen LogP contribution in [0.25, 0.3) is 0 Å². The smallest absolute Gasteiger partial charge is 0.348 e. The van der Waals surface area contributed by atoms with Gasteiger partial charge in [-0.2, -0.15) is 0 Å². The van der Waals surface area contributed by atoms with Gasteiger partial charge in [-0.15, -0.1) is 0 Å². The molecule has 0 spiro atoms. The van der Waals surface area contributed by atoms with Crippen LogP contribution in [0.3, 0.4) is 0 Å². The summed E-state index contributed by atoms with van der Waals surface area (Å²) < 4.78 is 10.0. The molecule has 0 saturated carbocycles. The maximum absolute atomic E-state index is 11.7. The van der Waals surface area contributed by atoms with Gasteiger partial charge < -0.3 is 15.2 Å². The molecule has 0 aromatic heterocycles. The van der Waals surface area contributed by atoms with E-state index in [0.29, 0.717) is 25.0 Å². The van der Waals surface area contributed by atoms with Gasteiger partial charge in [0, 0.05) is 13.8 Å². The molecule has 16 heavy (non-hydrogen) atoms. The van der Waals surface area contributed by atoms with Gasteiger partial charge in [0.2, 0.25) is 0 Å². The summed E-state index contributed by atoms with van der Waals surface area (Å²) in [6.07, 6.45) is 1.08. The fraction of sp³-hybridized carbons (Fsp3) is 0.636. The van der Waals surface area contributed by atoms with Gasteiger partial charge in [0.15, 0.2) is 0 Å². The number of cyclic esters (lactones) is 2. The Balaban J connectivity index is 3.05. The zero-order chi connectivity index (χ0) is 12.3. The first-order valence-electron chi connectivity index (χ1n) is 5.30. The third kappa shape index (κ3) is 2.61. The van der Waals surface area contributed by atoms with Crippen LogP contribution in [0.5, 0.6) is 0 Å². The second kappa shape index (κ2) is 4.65. The summed E-state index contributed by atoms with van der Waals surface area (Å²) >= 11 is 0. The molecule has 5 heteroatoms. The van der Waals surface area contributed by atoms with Gasteiger partial charge in [-0.1, -0.05) is 6.92 Å². The highest BCUT2D eigenvalue weighted by atomic mass is 16.7. The van der Waals surface area contributed by atoms with E-state index in [4.69, 9.17) is 15.2 Å². The zero-order valence-corrected chi connectivity index (χ0v) is 9.83. The lowest BCUT2D eigenvalue weighted by Crippen LogP contribution is -2.42. The Bertz CT molecular complexity index is 322. The van der Waals surface area contributed by atoms with Crippen molar-refractivity contribution < 1.29 is 19.1 Å². The van der Waals surface area contributed by atoms with Crippen LogP contribution >= 0.6 is 0 Å². The van der Waals surface area contributed by atoms with Crippen LogP contribution in [0.15, 0.2) is 11.1 Å². The minimum absolute atomic E-state index is 0.00674. The van der Waals surface area contributed by atoms with Crippen molar-refractivity contribution in [1.29, 1.82) is 0 Å². The Kier molecular flexibility index (Phi) is 3.70. The number of esters is 2. The number of rotatable bonds is 3. The molecule has 0 radical (unpaired) electrons. The van der Waals surface area contributed by atoms with E-state index in [2.05, 4.69) is 0 Å². The minimum Gasteiger partial charge on any atom is -0.419 e. The van der Waals surface area contributed by atoms with Gasteiger partial charge in [-0.25, -0.2) is 9.59 Å². The van der Waals surface area contributed by atoms with Crippen molar-refractivity contribution in [3.63, 3.8) is 0 Å². The van der Waals surface area contributed by atoms with Crippen molar-refractivity contribution in [3.05, 3.63) is 11.1 Å². The van der Waals surface area contributed by atoms with Crippen molar-refractivity contribution in [1.82, 2.24) is 0 Å². The van der Waals surface area contributed by atoms with Gasteiger partial charge >= 0.3 is 11.9 Å². The summed E-state index contributed by atoms with van der Waals surface area (Å²) in [6.45, 7) is 5.29. The van der Waals surface area contributed by atoms with Crippen LogP contribution in [0, 0.1) is 0 Å². The van der Waals surface area contributed by atoms with Crippen LogP contribution in [-0.2, 0) is 19.1 Å². The zero-order valence-electron chi connectivity index (χ0n) is 9.83. The van der Waals surface area contributed by atoms with Gasteiger partial charge in [0.05, 0.1) is 0 Å². The van der Waals surface area contributed by atoms with Gasteiger partial charge in [-0.05, 0) is 25.0 Å². The predicted octanol–water partition coefficient (Wildman–Crippen LogP) is 0.878.